The zero-order valence-electron chi connectivity index (χ0n) is 12.5. The van der Waals surface area contributed by atoms with E-state index in [1.54, 1.807) is 12.1 Å². The Labute approximate surface area is 132 Å². The number of nitrogens with two attached hydrogens (primary N) is 1. The van der Waals surface area contributed by atoms with Gasteiger partial charge in [-0.3, -0.25) is 0 Å². The van der Waals surface area contributed by atoms with Crippen LogP contribution >= 0.6 is 11.6 Å². The van der Waals surface area contributed by atoms with Gasteiger partial charge >= 0.3 is 0 Å². The van der Waals surface area contributed by atoms with E-state index >= 15 is 0 Å². The molecule has 3 unspecified atom stereocenters. The van der Waals surface area contributed by atoms with Crippen LogP contribution in [0.4, 0.5) is 0 Å². The van der Waals surface area contributed by atoms with Gasteiger partial charge in [-0.15, -0.1) is 0 Å². The van der Waals surface area contributed by atoms with Crippen LogP contribution in [-0.2, 0) is 16.6 Å². The van der Waals surface area contributed by atoms with Gasteiger partial charge in [0.25, 0.3) is 0 Å². The van der Waals surface area contributed by atoms with E-state index < -0.39 is 10.0 Å². The first-order valence-corrected chi connectivity index (χ1v) is 9.20. The Kier molecular flexibility index (Phi) is 5.30. The molecule has 3 N–H and O–H groups in total. The van der Waals surface area contributed by atoms with Crippen molar-refractivity contribution in [1.29, 1.82) is 0 Å². The molecule has 4 nitrogen and oxygen atoms in total. The summed E-state index contributed by atoms with van der Waals surface area (Å²) in [6.07, 6.45) is 2.98. The van der Waals surface area contributed by atoms with Crippen molar-refractivity contribution in [3.63, 3.8) is 0 Å². The molecule has 0 bridgehead atoms. The molecule has 0 aliphatic heterocycles. The molecular weight excluding hydrogens is 308 g/mol. The quantitative estimate of drug-likeness (QED) is 0.891. The third kappa shape index (κ3) is 3.97. The average Bonchev–Trinajstić information content (AvgIpc) is 2.41. The summed E-state index contributed by atoms with van der Waals surface area (Å²) < 4.78 is 27.9. The van der Waals surface area contributed by atoms with Gasteiger partial charge in [-0.2, -0.15) is 0 Å². The molecule has 1 aliphatic rings. The van der Waals surface area contributed by atoms with Crippen molar-refractivity contribution in [2.75, 3.05) is 0 Å². The predicted molar refractivity (Wildman–Crippen MR) is 85.6 cm³/mol. The van der Waals surface area contributed by atoms with Crippen LogP contribution in [0.5, 0.6) is 0 Å². The molecular formula is C15H23ClN2O2S. The third-order valence-corrected chi connectivity index (χ3v) is 6.23. The number of hydrogen-bond acceptors (Lipinski definition) is 3. The van der Waals surface area contributed by atoms with E-state index in [4.69, 9.17) is 17.3 Å². The highest BCUT2D eigenvalue weighted by atomic mass is 35.5. The zero-order chi connectivity index (χ0) is 15.6. The van der Waals surface area contributed by atoms with Crippen LogP contribution in [0.1, 0.15) is 38.7 Å². The molecule has 1 saturated carbocycles. The van der Waals surface area contributed by atoms with Crippen LogP contribution in [0.2, 0.25) is 5.02 Å². The third-order valence-electron chi connectivity index (χ3n) is 4.26. The van der Waals surface area contributed by atoms with Gasteiger partial charge < -0.3 is 5.73 Å². The van der Waals surface area contributed by atoms with E-state index in [1.165, 1.54) is 6.07 Å². The average molecular weight is 331 g/mol. The summed E-state index contributed by atoms with van der Waals surface area (Å²) in [5, 5.41) is 0.224. The van der Waals surface area contributed by atoms with Crippen molar-refractivity contribution >= 4 is 21.6 Å². The van der Waals surface area contributed by atoms with Gasteiger partial charge in [-0.25, -0.2) is 13.1 Å². The van der Waals surface area contributed by atoms with Gasteiger partial charge in [0.1, 0.15) is 4.90 Å². The maximum Gasteiger partial charge on any atom is 0.242 e. The molecule has 6 heteroatoms. The summed E-state index contributed by atoms with van der Waals surface area (Å²) in [6.45, 7) is 4.65. The Morgan fingerprint density at radius 2 is 2.05 bits per heavy atom. The fraction of sp³-hybridized carbons (Fsp3) is 0.600. The van der Waals surface area contributed by atoms with Crippen LogP contribution in [0.3, 0.4) is 0 Å². The highest BCUT2D eigenvalue weighted by Crippen LogP contribution is 2.30. The normalized spacial score (nSPS) is 26.8. The van der Waals surface area contributed by atoms with E-state index in [1.807, 2.05) is 0 Å². The molecule has 0 saturated heterocycles. The second-order valence-electron chi connectivity index (χ2n) is 6.09. The maximum absolute atomic E-state index is 12.5. The highest BCUT2D eigenvalue weighted by Gasteiger charge is 2.30. The SMILES string of the molecule is CC1CCC(NS(=O)(=O)c2ccc(CN)cc2Cl)C(C)C1. The predicted octanol–water partition coefficient (Wildman–Crippen LogP) is 2.90. The summed E-state index contributed by atoms with van der Waals surface area (Å²) >= 11 is 6.10. The zero-order valence-corrected chi connectivity index (χ0v) is 14.0. The van der Waals surface area contributed by atoms with Gasteiger partial charge in [0.05, 0.1) is 5.02 Å². The molecule has 0 amide bonds. The molecule has 2 rings (SSSR count). The number of sulfonamides is 1. The standard InChI is InChI=1S/C15H23ClN2O2S/c1-10-3-5-14(11(2)7-10)18-21(19,20)15-6-4-12(9-17)8-13(15)16/h4,6,8,10-11,14,18H,3,5,7,9,17H2,1-2H3. The van der Waals surface area contributed by atoms with Gasteiger partial charge in [0.15, 0.2) is 0 Å². The van der Waals surface area contributed by atoms with Crippen LogP contribution < -0.4 is 10.5 Å². The molecule has 1 fully saturated rings. The van der Waals surface area contributed by atoms with E-state index in [2.05, 4.69) is 18.6 Å². The molecule has 1 aliphatic carbocycles. The minimum absolute atomic E-state index is 0.0172. The lowest BCUT2D eigenvalue weighted by atomic mass is 9.80. The van der Waals surface area contributed by atoms with Crippen LogP contribution in [0.15, 0.2) is 23.1 Å². The molecule has 1 aromatic rings. The Morgan fingerprint density at radius 3 is 2.62 bits per heavy atom. The summed E-state index contributed by atoms with van der Waals surface area (Å²) in [6, 6.07) is 4.83. The van der Waals surface area contributed by atoms with Gasteiger partial charge in [0.2, 0.25) is 10.0 Å². The van der Waals surface area contributed by atoms with Crippen molar-refractivity contribution in [3.05, 3.63) is 28.8 Å². The number of rotatable bonds is 4. The first-order chi connectivity index (χ1) is 9.83. The van der Waals surface area contributed by atoms with Crippen molar-refractivity contribution in [3.8, 4) is 0 Å². The minimum atomic E-state index is -3.59. The first kappa shape index (κ1) is 16.7. The topological polar surface area (TPSA) is 72.2 Å². The van der Waals surface area contributed by atoms with Crippen LogP contribution in [-0.4, -0.2) is 14.5 Å². The second kappa shape index (κ2) is 6.65. The number of nitrogens with one attached hydrogen (secondary N) is 1. The van der Waals surface area contributed by atoms with Crippen molar-refractivity contribution in [1.82, 2.24) is 4.72 Å². The van der Waals surface area contributed by atoms with Gasteiger partial charge in [-0.1, -0.05) is 31.5 Å². The maximum atomic E-state index is 12.5. The fourth-order valence-corrected chi connectivity index (χ4v) is 4.94. The Balaban J connectivity index is 2.19. The molecule has 0 radical (unpaired) electrons. The minimum Gasteiger partial charge on any atom is -0.326 e. The van der Waals surface area contributed by atoms with Crippen molar-refractivity contribution in [2.45, 2.75) is 50.6 Å². The summed E-state index contributed by atoms with van der Waals surface area (Å²) in [5.74, 6) is 0.999. The number of benzene rings is 1. The van der Waals surface area contributed by atoms with Crippen molar-refractivity contribution in [2.24, 2.45) is 17.6 Å². The van der Waals surface area contributed by atoms with E-state index in [-0.39, 0.29) is 16.0 Å². The molecule has 118 valence electrons. The smallest absolute Gasteiger partial charge is 0.242 e. The molecule has 3 atom stereocenters. The second-order valence-corrected chi connectivity index (χ2v) is 8.18. The van der Waals surface area contributed by atoms with Crippen LogP contribution in [0, 0.1) is 11.8 Å². The largest absolute Gasteiger partial charge is 0.326 e. The Morgan fingerprint density at radius 1 is 1.33 bits per heavy atom. The molecule has 0 heterocycles. The van der Waals surface area contributed by atoms with Gasteiger partial charge in [-0.05, 0) is 48.8 Å². The highest BCUT2D eigenvalue weighted by molar-refractivity contribution is 7.89. The number of hydrogen-bond donors (Lipinski definition) is 2. The summed E-state index contributed by atoms with van der Waals surface area (Å²) in [5.41, 5.74) is 6.35. The Hall–Kier alpha value is -0.620. The lowest BCUT2D eigenvalue weighted by Gasteiger charge is -2.33. The lowest BCUT2D eigenvalue weighted by molar-refractivity contribution is 0.249. The number of halogens is 1. The molecule has 0 aromatic heterocycles. The van der Waals surface area contributed by atoms with Crippen LogP contribution in [0.25, 0.3) is 0 Å². The van der Waals surface area contributed by atoms with E-state index in [0.717, 1.165) is 24.8 Å². The summed E-state index contributed by atoms with van der Waals surface area (Å²) in [4.78, 5) is 0.132. The van der Waals surface area contributed by atoms with Gasteiger partial charge in [0, 0.05) is 12.6 Å². The fourth-order valence-electron chi connectivity index (χ4n) is 2.99. The van der Waals surface area contributed by atoms with E-state index in [9.17, 15) is 8.42 Å². The lowest BCUT2D eigenvalue weighted by Crippen LogP contribution is -2.42. The molecule has 0 spiro atoms. The monoisotopic (exact) mass is 330 g/mol. The molecule has 1 aromatic carbocycles. The first-order valence-electron chi connectivity index (χ1n) is 7.34. The molecule has 21 heavy (non-hydrogen) atoms. The van der Waals surface area contributed by atoms with E-state index in [0.29, 0.717) is 18.4 Å². The summed E-state index contributed by atoms with van der Waals surface area (Å²) in [7, 11) is -3.59. The Bertz CT molecular complexity index is 604. The van der Waals surface area contributed by atoms with Crippen molar-refractivity contribution < 1.29 is 8.42 Å².